The first-order chi connectivity index (χ1) is 7.47. The molecule has 0 spiro atoms. The van der Waals surface area contributed by atoms with Crippen molar-refractivity contribution in [1.82, 2.24) is 0 Å². The Morgan fingerprint density at radius 2 is 1.88 bits per heavy atom. The molecule has 0 atom stereocenters. The lowest BCUT2D eigenvalue weighted by molar-refractivity contribution is 0.217. The molecule has 0 aliphatic carbocycles. The molecular formula is C10H16N2O3S. The lowest BCUT2D eigenvalue weighted by atomic mass is 10.3. The summed E-state index contributed by atoms with van der Waals surface area (Å²) in [4.78, 5) is 0. The summed E-state index contributed by atoms with van der Waals surface area (Å²) in [6.45, 7) is 0.182. The number of nitrogens with two attached hydrogens (primary N) is 1. The monoisotopic (exact) mass is 244 g/mol. The SMILES string of the molecule is COCCS(=O)(=O)N(C)c1ccc(N)cc1. The predicted molar refractivity (Wildman–Crippen MR) is 64.9 cm³/mol. The summed E-state index contributed by atoms with van der Waals surface area (Å²) < 4.78 is 29.6. The number of anilines is 2. The second kappa shape index (κ2) is 5.18. The van der Waals surface area contributed by atoms with Crippen molar-refractivity contribution < 1.29 is 13.2 Å². The third kappa shape index (κ3) is 3.11. The van der Waals surface area contributed by atoms with E-state index in [1.807, 2.05) is 0 Å². The largest absolute Gasteiger partial charge is 0.399 e. The first kappa shape index (κ1) is 12.8. The summed E-state index contributed by atoms with van der Waals surface area (Å²) in [7, 11) is -0.339. The van der Waals surface area contributed by atoms with Gasteiger partial charge in [0.1, 0.15) is 0 Å². The number of rotatable bonds is 5. The molecule has 0 heterocycles. The Morgan fingerprint density at radius 3 is 2.38 bits per heavy atom. The molecule has 0 saturated heterocycles. The first-order valence-corrected chi connectivity index (χ1v) is 6.39. The molecule has 1 aromatic rings. The van der Waals surface area contributed by atoms with E-state index in [-0.39, 0.29) is 12.4 Å². The number of ether oxygens (including phenoxy) is 1. The molecular weight excluding hydrogens is 228 g/mol. The van der Waals surface area contributed by atoms with E-state index in [1.165, 1.54) is 18.5 Å². The molecule has 0 aliphatic heterocycles. The number of nitrogen functional groups attached to an aromatic ring is 1. The molecule has 0 bridgehead atoms. The van der Waals surface area contributed by atoms with E-state index < -0.39 is 10.0 Å². The molecule has 5 nitrogen and oxygen atoms in total. The van der Waals surface area contributed by atoms with Crippen molar-refractivity contribution in [3.8, 4) is 0 Å². The summed E-state index contributed by atoms with van der Waals surface area (Å²) in [5.74, 6) is -0.0373. The van der Waals surface area contributed by atoms with Gasteiger partial charge < -0.3 is 10.5 Å². The van der Waals surface area contributed by atoms with Crippen molar-refractivity contribution >= 4 is 21.4 Å². The maximum Gasteiger partial charge on any atom is 0.237 e. The highest BCUT2D eigenvalue weighted by Crippen LogP contribution is 2.17. The summed E-state index contributed by atoms with van der Waals surface area (Å²) in [5.41, 5.74) is 6.72. The average molecular weight is 244 g/mol. The van der Waals surface area contributed by atoms with Crippen LogP contribution in [0.2, 0.25) is 0 Å². The quantitative estimate of drug-likeness (QED) is 0.773. The van der Waals surface area contributed by atoms with E-state index in [9.17, 15) is 8.42 Å². The lowest BCUT2D eigenvalue weighted by Gasteiger charge is -2.19. The zero-order valence-corrected chi connectivity index (χ0v) is 10.2. The number of hydrogen-bond donors (Lipinski definition) is 1. The van der Waals surface area contributed by atoms with E-state index in [4.69, 9.17) is 10.5 Å². The maximum absolute atomic E-state index is 11.8. The number of sulfonamides is 1. The van der Waals surface area contributed by atoms with Gasteiger partial charge in [0, 0.05) is 19.8 Å². The molecule has 0 saturated carbocycles. The molecule has 1 aromatic carbocycles. The van der Waals surface area contributed by atoms with E-state index >= 15 is 0 Å². The Kier molecular flexibility index (Phi) is 4.14. The van der Waals surface area contributed by atoms with Crippen LogP contribution >= 0.6 is 0 Å². The van der Waals surface area contributed by atoms with Gasteiger partial charge in [-0.05, 0) is 24.3 Å². The molecule has 90 valence electrons. The van der Waals surface area contributed by atoms with Gasteiger partial charge in [-0.1, -0.05) is 0 Å². The third-order valence-electron chi connectivity index (χ3n) is 2.22. The van der Waals surface area contributed by atoms with Crippen LogP contribution in [0.1, 0.15) is 0 Å². The fraction of sp³-hybridized carbons (Fsp3) is 0.400. The normalized spacial score (nSPS) is 11.4. The van der Waals surface area contributed by atoms with Crippen LogP contribution in [0.3, 0.4) is 0 Å². The third-order valence-corrected chi connectivity index (χ3v) is 3.95. The van der Waals surface area contributed by atoms with Gasteiger partial charge in [-0.15, -0.1) is 0 Å². The van der Waals surface area contributed by atoms with E-state index in [2.05, 4.69) is 0 Å². The Hall–Kier alpha value is -1.27. The van der Waals surface area contributed by atoms with Gasteiger partial charge in [-0.25, -0.2) is 8.42 Å². The Balaban J connectivity index is 2.84. The summed E-state index contributed by atoms with van der Waals surface area (Å²) in [6.07, 6.45) is 0. The van der Waals surface area contributed by atoms with Crippen LogP contribution in [0.4, 0.5) is 11.4 Å². The molecule has 0 aromatic heterocycles. The lowest BCUT2D eigenvalue weighted by Crippen LogP contribution is -2.30. The zero-order chi connectivity index (χ0) is 12.2. The Morgan fingerprint density at radius 1 is 1.31 bits per heavy atom. The van der Waals surface area contributed by atoms with Gasteiger partial charge >= 0.3 is 0 Å². The van der Waals surface area contributed by atoms with Gasteiger partial charge in [0.25, 0.3) is 0 Å². The molecule has 2 N–H and O–H groups in total. The van der Waals surface area contributed by atoms with Crippen molar-refractivity contribution in [1.29, 1.82) is 0 Å². The standard InChI is InChI=1S/C10H16N2O3S/c1-12(16(13,14)8-7-15-2)10-5-3-9(11)4-6-10/h3-6H,7-8,11H2,1-2H3. The van der Waals surface area contributed by atoms with Crippen molar-refractivity contribution in [2.24, 2.45) is 0 Å². The van der Waals surface area contributed by atoms with E-state index in [1.54, 1.807) is 24.3 Å². The molecule has 6 heteroatoms. The minimum atomic E-state index is -3.32. The van der Waals surface area contributed by atoms with Crippen LogP contribution < -0.4 is 10.0 Å². The van der Waals surface area contributed by atoms with Crippen LogP contribution in [0.15, 0.2) is 24.3 Å². The van der Waals surface area contributed by atoms with Crippen molar-refractivity contribution in [2.75, 3.05) is 36.6 Å². The van der Waals surface area contributed by atoms with Crippen LogP contribution in [0.5, 0.6) is 0 Å². The van der Waals surface area contributed by atoms with Gasteiger partial charge in [-0.2, -0.15) is 0 Å². The van der Waals surface area contributed by atoms with Gasteiger partial charge in [0.05, 0.1) is 18.0 Å². The second-order valence-corrected chi connectivity index (χ2v) is 5.49. The molecule has 0 amide bonds. The number of hydrogen-bond acceptors (Lipinski definition) is 4. The first-order valence-electron chi connectivity index (χ1n) is 4.78. The Labute approximate surface area is 95.9 Å². The van der Waals surface area contributed by atoms with Gasteiger partial charge in [-0.3, -0.25) is 4.31 Å². The highest BCUT2D eigenvalue weighted by molar-refractivity contribution is 7.92. The summed E-state index contributed by atoms with van der Waals surface area (Å²) in [5, 5.41) is 0. The van der Waals surface area contributed by atoms with E-state index in [0.717, 1.165) is 0 Å². The second-order valence-electron chi connectivity index (χ2n) is 3.37. The molecule has 0 unspecified atom stereocenters. The molecule has 1 rings (SSSR count). The van der Waals surface area contributed by atoms with Crippen LogP contribution in [-0.2, 0) is 14.8 Å². The molecule has 0 radical (unpaired) electrons. The highest BCUT2D eigenvalue weighted by Gasteiger charge is 2.17. The number of nitrogens with zero attached hydrogens (tertiary/aromatic N) is 1. The van der Waals surface area contributed by atoms with Crippen LogP contribution in [0.25, 0.3) is 0 Å². The fourth-order valence-electron chi connectivity index (χ4n) is 1.17. The van der Waals surface area contributed by atoms with Gasteiger partial charge in [0.15, 0.2) is 0 Å². The number of benzene rings is 1. The fourth-order valence-corrected chi connectivity index (χ4v) is 2.26. The van der Waals surface area contributed by atoms with Crippen molar-refractivity contribution in [2.45, 2.75) is 0 Å². The van der Waals surface area contributed by atoms with Gasteiger partial charge in [0.2, 0.25) is 10.0 Å². The zero-order valence-electron chi connectivity index (χ0n) is 9.38. The summed E-state index contributed by atoms with van der Waals surface area (Å²) in [6, 6.07) is 6.66. The maximum atomic E-state index is 11.8. The minimum absolute atomic E-state index is 0.0373. The average Bonchev–Trinajstić information content (AvgIpc) is 2.26. The van der Waals surface area contributed by atoms with Crippen LogP contribution in [-0.4, -0.2) is 34.9 Å². The highest BCUT2D eigenvalue weighted by atomic mass is 32.2. The minimum Gasteiger partial charge on any atom is -0.399 e. The van der Waals surface area contributed by atoms with E-state index in [0.29, 0.717) is 11.4 Å². The van der Waals surface area contributed by atoms with Crippen molar-refractivity contribution in [3.05, 3.63) is 24.3 Å². The molecule has 16 heavy (non-hydrogen) atoms. The number of methoxy groups -OCH3 is 1. The summed E-state index contributed by atoms with van der Waals surface area (Å²) >= 11 is 0. The van der Waals surface area contributed by atoms with Crippen molar-refractivity contribution in [3.63, 3.8) is 0 Å². The van der Waals surface area contributed by atoms with Crippen LogP contribution in [0, 0.1) is 0 Å². The predicted octanol–water partition coefficient (Wildman–Crippen LogP) is 0.681. The smallest absolute Gasteiger partial charge is 0.237 e. The Bertz CT molecular complexity index is 428. The topological polar surface area (TPSA) is 72.6 Å². The molecule has 0 aliphatic rings. The molecule has 0 fully saturated rings.